The van der Waals surface area contributed by atoms with Crippen LogP contribution >= 0.6 is 0 Å². The van der Waals surface area contributed by atoms with E-state index in [1.54, 1.807) is 0 Å². The fourth-order valence-electron chi connectivity index (χ4n) is 2.03. The summed E-state index contributed by atoms with van der Waals surface area (Å²) in [4.78, 5) is 35.6. The van der Waals surface area contributed by atoms with Crippen LogP contribution in [0.1, 0.15) is 27.6 Å². The lowest BCUT2D eigenvalue weighted by atomic mass is 10.1. The SMILES string of the molecule is C[C@@H](OC(=O)CNC(=O)c1cccc(F)c1)C(=O)c1ccc(F)cc1. The maximum absolute atomic E-state index is 13.0. The minimum atomic E-state index is -1.09. The molecule has 0 bridgehead atoms. The lowest BCUT2D eigenvalue weighted by Crippen LogP contribution is -2.34. The van der Waals surface area contributed by atoms with Gasteiger partial charge in [-0.15, -0.1) is 0 Å². The number of carbonyl (C=O) groups excluding carboxylic acids is 3. The van der Waals surface area contributed by atoms with Crippen molar-refractivity contribution < 1.29 is 27.9 Å². The molecule has 0 radical (unpaired) electrons. The van der Waals surface area contributed by atoms with Gasteiger partial charge in [0, 0.05) is 11.1 Å². The highest BCUT2D eigenvalue weighted by Gasteiger charge is 2.20. The highest BCUT2D eigenvalue weighted by Crippen LogP contribution is 2.08. The Morgan fingerprint density at radius 2 is 1.68 bits per heavy atom. The molecule has 25 heavy (non-hydrogen) atoms. The number of ketones is 1. The average Bonchev–Trinajstić information content (AvgIpc) is 2.59. The number of hydrogen-bond donors (Lipinski definition) is 1. The number of esters is 1. The molecule has 0 aliphatic rings. The van der Waals surface area contributed by atoms with Gasteiger partial charge in [-0.2, -0.15) is 0 Å². The van der Waals surface area contributed by atoms with Gasteiger partial charge in [-0.3, -0.25) is 14.4 Å². The molecule has 2 aromatic rings. The van der Waals surface area contributed by atoms with E-state index in [0.29, 0.717) is 0 Å². The predicted octanol–water partition coefficient (Wildman–Crippen LogP) is 2.51. The van der Waals surface area contributed by atoms with E-state index in [1.165, 1.54) is 37.3 Å². The van der Waals surface area contributed by atoms with Gasteiger partial charge in [-0.05, 0) is 49.4 Å². The first-order valence-corrected chi connectivity index (χ1v) is 7.40. The molecule has 130 valence electrons. The van der Waals surface area contributed by atoms with Crippen LogP contribution in [0.4, 0.5) is 8.78 Å². The van der Waals surface area contributed by atoms with Crippen LogP contribution in [0.2, 0.25) is 0 Å². The molecule has 0 fully saturated rings. The van der Waals surface area contributed by atoms with Gasteiger partial charge >= 0.3 is 5.97 Å². The molecule has 1 amide bonds. The molecule has 2 rings (SSSR count). The Bertz CT molecular complexity index is 790. The molecule has 1 N–H and O–H groups in total. The van der Waals surface area contributed by atoms with Gasteiger partial charge in [0.15, 0.2) is 6.10 Å². The molecule has 0 aromatic heterocycles. The minimum Gasteiger partial charge on any atom is -0.453 e. The van der Waals surface area contributed by atoms with Gasteiger partial charge in [0.1, 0.15) is 18.2 Å². The van der Waals surface area contributed by atoms with Gasteiger partial charge < -0.3 is 10.1 Å². The number of rotatable bonds is 6. The summed E-state index contributed by atoms with van der Waals surface area (Å²) in [6, 6.07) is 9.80. The second-order valence-electron chi connectivity index (χ2n) is 5.20. The lowest BCUT2D eigenvalue weighted by molar-refractivity contribution is -0.145. The second kappa shape index (κ2) is 8.14. The Labute approximate surface area is 142 Å². The summed E-state index contributed by atoms with van der Waals surface area (Å²) in [7, 11) is 0. The van der Waals surface area contributed by atoms with Crippen LogP contribution in [0.5, 0.6) is 0 Å². The zero-order chi connectivity index (χ0) is 18.4. The summed E-state index contributed by atoms with van der Waals surface area (Å²) in [5.74, 6) is -3.03. The average molecular weight is 347 g/mol. The van der Waals surface area contributed by atoms with Crippen LogP contribution in [0.15, 0.2) is 48.5 Å². The van der Waals surface area contributed by atoms with E-state index in [0.717, 1.165) is 18.2 Å². The number of halogens is 2. The number of benzene rings is 2. The zero-order valence-electron chi connectivity index (χ0n) is 13.3. The van der Waals surface area contributed by atoms with E-state index >= 15 is 0 Å². The smallest absolute Gasteiger partial charge is 0.326 e. The normalized spacial score (nSPS) is 11.5. The topological polar surface area (TPSA) is 72.5 Å². The third kappa shape index (κ3) is 5.20. The molecule has 0 unspecified atom stereocenters. The summed E-state index contributed by atoms with van der Waals surface area (Å²) < 4.78 is 30.8. The van der Waals surface area contributed by atoms with Crippen molar-refractivity contribution in [2.75, 3.05) is 6.54 Å². The van der Waals surface area contributed by atoms with Gasteiger partial charge in [0.05, 0.1) is 0 Å². The summed E-state index contributed by atoms with van der Waals surface area (Å²) in [5, 5.41) is 2.28. The number of hydrogen-bond acceptors (Lipinski definition) is 4. The van der Waals surface area contributed by atoms with E-state index in [2.05, 4.69) is 5.32 Å². The molecule has 0 aliphatic heterocycles. The maximum atomic E-state index is 13.0. The summed E-state index contributed by atoms with van der Waals surface area (Å²) in [6.07, 6.45) is -1.09. The molecular formula is C18H15F2NO4. The Balaban J connectivity index is 1.86. The molecule has 0 saturated carbocycles. The van der Waals surface area contributed by atoms with Crippen molar-refractivity contribution in [1.29, 1.82) is 0 Å². The van der Waals surface area contributed by atoms with Gasteiger partial charge in [-0.1, -0.05) is 6.07 Å². The Morgan fingerprint density at radius 1 is 1.00 bits per heavy atom. The third-order valence-electron chi connectivity index (χ3n) is 3.29. The van der Waals surface area contributed by atoms with E-state index < -0.39 is 41.9 Å². The number of ether oxygens (including phenoxy) is 1. The summed E-state index contributed by atoms with van der Waals surface area (Å²) in [6.45, 7) is 0.897. The molecule has 0 spiro atoms. The van der Waals surface area contributed by atoms with E-state index in [9.17, 15) is 23.2 Å². The van der Waals surface area contributed by atoms with Crippen molar-refractivity contribution in [1.82, 2.24) is 5.32 Å². The van der Waals surface area contributed by atoms with Crippen LogP contribution in [0.3, 0.4) is 0 Å². The van der Waals surface area contributed by atoms with Crippen molar-refractivity contribution in [2.45, 2.75) is 13.0 Å². The van der Waals surface area contributed by atoms with E-state index in [4.69, 9.17) is 4.74 Å². The van der Waals surface area contributed by atoms with Crippen molar-refractivity contribution in [3.63, 3.8) is 0 Å². The monoisotopic (exact) mass is 347 g/mol. The fourth-order valence-corrected chi connectivity index (χ4v) is 2.03. The highest BCUT2D eigenvalue weighted by atomic mass is 19.1. The first kappa shape index (κ1) is 18.3. The van der Waals surface area contributed by atoms with Crippen molar-refractivity contribution in [3.8, 4) is 0 Å². The second-order valence-corrected chi connectivity index (χ2v) is 5.20. The summed E-state index contributed by atoms with van der Waals surface area (Å²) in [5.41, 5.74) is 0.258. The molecular weight excluding hydrogens is 332 g/mol. The fraction of sp³-hybridized carbons (Fsp3) is 0.167. The Kier molecular flexibility index (Phi) is 5.94. The molecule has 2 aromatic carbocycles. The Morgan fingerprint density at radius 3 is 2.32 bits per heavy atom. The summed E-state index contributed by atoms with van der Waals surface area (Å²) >= 11 is 0. The zero-order valence-corrected chi connectivity index (χ0v) is 13.3. The standard InChI is InChI=1S/C18H15F2NO4/c1-11(17(23)12-5-7-14(19)8-6-12)25-16(22)10-21-18(24)13-3-2-4-15(20)9-13/h2-9,11H,10H2,1H3,(H,21,24)/t11-/m1/s1. The van der Waals surface area contributed by atoms with Gasteiger partial charge in [0.25, 0.3) is 5.91 Å². The number of amides is 1. The van der Waals surface area contributed by atoms with Crippen LogP contribution in [0.25, 0.3) is 0 Å². The minimum absolute atomic E-state index is 0.0586. The number of nitrogens with one attached hydrogen (secondary N) is 1. The maximum Gasteiger partial charge on any atom is 0.326 e. The van der Waals surface area contributed by atoms with Crippen LogP contribution in [-0.4, -0.2) is 30.3 Å². The first-order chi connectivity index (χ1) is 11.9. The quantitative estimate of drug-likeness (QED) is 0.644. The first-order valence-electron chi connectivity index (χ1n) is 7.40. The number of Topliss-reactive ketones (excluding diaryl/α,β-unsaturated/α-hetero) is 1. The van der Waals surface area contributed by atoms with E-state index in [-0.39, 0.29) is 11.1 Å². The molecule has 0 aliphatic carbocycles. The Hall–Kier alpha value is -3.09. The van der Waals surface area contributed by atoms with Crippen LogP contribution in [0, 0.1) is 11.6 Å². The van der Waals surface area contributed by atoms with Crippen molar-refractivity contribution >= 4 is 17.7 Å². The largest absolute Gasteiger partial charge is 0.453 e. The highest BCUT2D eigenvalue weighted by molar-refractivity contribution is 6.00. The van der Waals surface area contributed by atoms with Crippen molar-refractivity contribution in [2.24, 2.45) is 0 Å². The molecule has 7 heteroatoms. The molecule has 0 saturated heterocycles. The lowest BCUT2D eigenvalue weighted by Gasteiger charge is -2.13. The van der Waals surface area contributed by atoms with Gasteiger partial charge in [0.2, 0.25) is 5.78 Å². The third-order valence-corrected chi connectivity index (χ3v) is 3.29. The van der Waals surface area contributed by atoms with Gasteiger partial charge in [-0.25, -0.2) is 8.78 Å². The van der Waals surface area contributed by atoms with Crippen LogP contribution in [-0.2, 0) is 9.53 Å². The van der Waals surface area contributed by atoms with E-state index in [1.807, 2.05) is 0 Å². The molecule has 5 nitrogen and oxygen atoms in total. The molecule has 0 heterocycles. The molecule has 1 atom stereocenters. The number of carbonyl (C=O) groups is 3. The van der Waals surface area contributed by atoms with Crippen LogP contribution < -0.4 is 5.32 Å². The predicted molar refractivity (Wildman–Crippen MR) is 85.0 cm³/mol. The van der Waals surface area contributed by atoms with Crippen molar-refractivity contribution in [3.05, 3.63) is 71.3 Å².